The van der Waals surface area contributed by atoms with Gasteiger partial charge >= 0.3 is 0 Å². The minimum Gasteiger partial charge on any atom is -0.496 e. The van der Waals surface area contributed by atoms with Crippen LogP contribution >= 0.6 is 0 Å². The van der Waals surface area contributed by atoms with Crippen LogP contribution in [0.25, 0.3) is 0 Å². The van der Waals surface area contributed by atoms with Gasteiger partial charge in [0.05, 0.1) is 23.8 Å². The van der Waals surface area contributed by atoms with E-state index in [4.69, 9.17) is 9.47 Å². The van der Waals surface area contributed by atoms with Crippen LogP contribution in [0.1, 0.15) is 25.8 Å². The van der Waals surface area contributed by atoms with E-state index in [0.717, 1.165) is 4.31 Å². The molecule has 0 saturated heterocycles. The minimum absolute atomic E-state index is 0.0998. The quantitative estimate of drug-likeness (QED) is 0.549. The Morgan fingerprint density at radius 3 is 2.43 bits per heavy atom. The molecule has 0 unspecified atom stereocenters. The van der Waals surface area contributed by atoms with E-state index >= 15 is 0 Å². The van der Waals surface area contributed by atoms with Crippen molar-refractivity contribution in [2.45, 2.75) is 38.2 Å². The van der Waals surface area contributed by atoms with Crippen LogP contribution in [0.15, 0.2) is 53.4 Å². The Kier molecular flexibility index (Phi) is 8.68. The number of nitrogens with zero attached hydrogens (tertiary/aromatic N) is 1. The van der Waals surface area contributed by atoms with Gasteiger partial charge in [0.15, 0.2) is 0 Å². The van der Waals surface area contributed by atoms with E-state index in [1.807, 2.05) is 13.8 Å². The van der Waals surface area contributed by atoms with E-state index in [9.17, 15) is 13.2 Å². The Morgan fingerprint density at radius 2 is 1.83 bits per heavy atom. The summed E-state index contributed by atoms with van der Waals surface area (Å²) in [5.41, 5.74) is 1.12. The molecular weight excluding hydrogens is 404 g/mol. The van der Waals surface area contributed by atoms with E-state index in [-0.39, 0.29) is 23.5 Å². The van der Waals surface area contributed by atoms with Crippen molar-refractivity contribution in [1.82, 2.24) is 5.32 Å². The van der Waals surface area contributed by atoms with Gasteiger partial charge in [-0.15, -0.1) is 0 Å². The summed E-state index contributed by atoms with van der Waals surface area (Å²) in [6, 6.07) is 13.2. The summed E-state index contributed by atoms with van der Waals surface area (Å²) in [6.07, 6.45) is 0.784. The number of benzene rings is 2. The van der Waals surface area contributed by atoms with Gasteiger partial charge < -0.3 is 14.8 Å². The molecular formula is C22H30N2O5S. The van der Waals surface area contributed by atoms with Gasteiger partial charge in [0, 0.05) is 13.2 Å². The van der Waals surface area contributed by atoms with Crippen molar-refractivity contribution in [1.29, 1.82) is 0 Å². The van der Waals surface area contributed by atoms with Gasteiger partial charge in [-0.1, -0.05) is 18.2 Å². The number of aryl methyl sites for hydroxylation is 1. The van der Waals surface area contributed by atoms with Gasteiger partial charge in [-0.2, -0.15) is 0 Å². The second-order valence-electron chi connectivity index (χ2n) is 7.10. The fourth-order valence-electron chi connectivity index (χ4n) is 2.85. The van der Waals surface area contributed by atoms with Crippen LogP contribution in [0.2, 0.25) is 0 Å². The van der Waals surface area contributed by atoms with Crippen molar-refractivity contribution in [3.63, 3.8) is 0 Å². The Labute approximate surface area is 179 Å². The van der Waals surface area contributed by atoms with Crippen LogP contribution in [0.3, 0.4) is 0 Å². The number of nitrogens with one attached hydrogen (secondary N) is 1. The monoisotopic (exact) mass is 434 g/mol. The van der Waals surface area contributed by atoms with Gasteiger partial charge in [-0.25, -0.2) is 8.42 Å². The maximum atomic E-state index is 13.4. The number of rotatable bonds is 11. The number of carbonyl (C=O) groups is 1. The molecule has 0 spiro atoms. The number of anilines is 1. The molecule has 164 valence electrons. The highest BCUT2D eigenvalue weighted by Gasteiger charge is 2.27. The SMILES string of the molecule is COc1ccc(S(=O)(=O)N(CC(=O)NCCCOC(C)C)c2ccccc2)cc1C. The maximum absolute atomic E-state index is 13.4. The average Bonchev–Trinajstić information content (AvgIpc) is 2.72. The molecule has 2 aromatic rings. The second kappa shape index (κ2) is 11.0. The molecule has 0 aliphatic rings. The fraction of sp³-hybridized carbons (Fsp3) is 0.409. The zero-order valence-electron chi connectivity index (χ0n) is 17.9. The first-order valence-electron chi connectivity index (χ1n) is 9.86. The lowest BCUT2D eigenvalue weighted by Crippen LogP contribution is -2.41. The normalized spacial score (nSPS) is 11.4. The zero-order chi connectivity index (χ0) is 22.1. The number of para-hydroxylation sites is 1. The van der Waals surface area contributed by atoms with Gasteiger partial charge in [-0.05, 0) is 63.1 Å². The molecule has 0 saturated carbocycles. The molecule has 0 fully saturated rings. The highest BCUT2D eigenvalue weighted by atomic mass is 32.2. The predicted molar refractivity (Wildman–Crippen MR) is 117 cm³/mol. The Morgan fingerprint density at radius 1 is 1.13 bits per heavy atom. The molecule has 8 heteroatoms. The molecule has 30 heavy (non-hydrogen) atoms. The molecule has 2 rings (SSSR count). The van der Waals surface area contributed by atoms with Gasteiger partial charge in [0.25, 0.3) is 10.0 Å². The molecule has 0 radical (unpaired) electrons. The average molecular weight is 435 g/mol. The van der Waals surface area contributed by atoms with E-state index in [2.05, 4.69) is 5.32 Å². The molecule has 0 aromatic heterocycles. The summed E-state index contributed by atoms with van der Waals surface area (Å²) in [5.74, 6) is 0.221. The van der Waals surface area contributed by atoms with Crippen LogP contribution in [0.5, 0.6) is 5.75 Å². The summed E-state index contributed by atoms with van der Waals surface area (Å²) >= 11 is 0. The van der Waals surface area contributed by atoms with Crippen molar-refractivity contribution in [2.75, 3.05) is 31.1 Å². The largest absolute Gasteiger partial charge is 0.496 e. The number of ether oxygens (including phenoxy) is 2. The molecule has 2 aromatic carbocycles. The molecule has 0 heterocycles. The standard InChI is InChI=1S/C22H30N2O5S/c1-17(2)29-14-8-13-23-22(25)16-24(19-9-6-5-7-10-19)30(26,27)20-11-12-21(28-4)18(3)15-20/h5-7,9-12,15,17H,8,13-14,16H2,1-4H3,(H,23,25). The van der Waals surface area contributed by atoms with Crippen LogP contribution in [0.4, 0.5) is 5.69 Å². The lowest BCUT2D eigenvalue weighted by atomic mass is 10.2. The zero-order valence-corrected chi connectivity index (χ0v) is 18.7. The van der Waals surface area contributed by atoms with Crippen molar-refractivity contribution in [2.24, 2.45) is 0 Å². The lowest BCUT2D eigenvalue weighted by molar-refractivity contribution is -0.119. The number of hydrogen-bond donors (Lipinski definition) is 1. The van der Waals surface area contributed by atoms with Crippen molar-refractivity contribution in [3.05, 3.63) is 54.1 Å². The molecule has 0 atom stereocenters. The van der Waals surface area contributed by atoms with Gasteiger partial charge in [-0.3, -0.25) is 9.10 Å². The third kappa shape index (κ3) is 6.47. The van der Waals surface area contributed by atoms with E-state index in [0.29, 0.717) is 36.6 Å². The molecule has 7 nitrogen and oxygen atoms in total. The maximum Gasteiger partial charge on any atom is 0.264 e. The summed E-state index contributed by atoms with van der Waals surface area (Å²) in [6.45, 7) is 6.29. The fourth-order valence-corrected chi connectivity index (χ4v) is 4.36. The van der Waals surface area contributed by atoms with Crippen LogP contribution in [0, 0.1) is 6.92 Å². The molecule has 1 N–H and O–H groups in total. The molecule has 0 aliphatic heterocycles. The highest BCUT2D eigenvalue weighted by molar-refractivity contribution is 7.92. The number of sulfonamides is 1. The molecule has 1 amide bonds. The lowest BCUT2D eigenvalue weighted by Gasteiger charge is -2.24. The van der Waals surface area contributed by atoms with Crippen molar-refractivity contribution in [3.8, 4) is 5.75 Å². The summed E-state index contributed by atoms with van der Waals surface area (Å²) < 4.78 is 38.5. The topological polar surface area (TPSA) is 84.9 Å². The Balaban J connectivity index is 2.19. The third-order valence-electron chi connectivity index (χ3n) is 4.38. The first-order chi connectivity index (χ1) is 14.3. The van der Waals surface area contributed by atoms with Crippen molar-refractivity contribution >= 4 is 21.6 Å². The molecule has 0 bridgehead atoms. The van der Waals surface area contributed by atoms with E-state index in [1.54, 1.807) is 49.4 Å². The summed E-state index contributed by atoms with van der Waals surface area (Å²) in [7, 11) is -2.42. The minimum atomic E-state index is -3.95. The first-order valence-corrected chi connectivity index (χ1v) is 11.3. The smallest absolute Gasteiger partial charge is 0.264 e. The number of carbonyl (C=O) groups excluding carboxylic acids is 1. The number of amides is 1. The summed E-state index contributed by atoms with van der Waals surface area (Å²) in [5, 5.41) is 2.76. The van der Waals surface area contributed by atoms with Crippen LogP contribution < -0.4 is 14.4 Å². The summed E-state index contributed by atoms with van der Waals surface area (Å²) in [4.78, 5) is 12.6. The van der Waals surface area contributed by atoms with E-state index < -0.39 is 10.0 Å². The Bertz CT molecular complexity index is 930. The highest BCUT2D eigenvalue weighted by Crippen LogP contribution is 2.27. The molecule has 0 aliphatic carbocycles. The van der Waals surface area contributed by atoms with Gasteiger partial charge in [0.2, 0.25) is 5.91 Å². The third-order valence-corrected chi connectivity index (χ3v) is 6.15. The van der Waals surface area contributed by atoms with Gasteiger partial charge in [0.1, 0.15) is 12.3 Å². The number of methoxy groups -OCH3 is 1. The number of hydrogen-bond acceptors (Lipinski definition) is 5. The second-order valence-corrected chi connectivity index (χ2v) is 8.96. The Hall–Kier alpha value is -2.58. The predicted octanol–water partition coefficient (Wildman–Crippen LogP) is 3.13. The van der Waals surface area contributed by atoms with Crippen molar-refractivity contribution < 1.29 is 22.7 Å². The van der Waals surface area contributed by atoms with E-state index in [1.165, 1.54) is 13.2 Å². The van der Waals surface area contributed by atoms with Crippen LogP contribution in [-0.2, 0) is 19.6 Å². The van der Waals surface area contributed by atoms with Crippen LogP contribution in [-0.4, -0.2) is 47.2 Å². The first kappa shape index (κ1) is 23.7.